The van der Waals surface area contributed by atoms with Gasteiger partial charge in [0.15, 0.2) is 11.5 Å². The minimum Gasteiger partial charge on any atom is -0.493 e. The number of nitrogens with two attached hydrogens (primary N) is 1. The summed E-state index contributed by atoms with van der Waals surface area (Å²) in [6.07, 6.45) is 1.03. The predicted molar refractivity (Wildman–Crippen MR) is 120 cm³/mol. The molecule has 9 nitrogen and oxygen atoms in total. The zero-order valence-corrected chi connectivity index (χ0v) is 19.2. The molecule has 170 valence electrons. The van der Waals surface area contributed by atoms with Crippen LogP contribution in [0.1, 0.15) is 39.3 Å². The van der Waals surface area contributed by atoms with Crippen LogP contribution in [0.4, 0.5) is 15.3 Å². The van der Waals surface area contributed by atoms with E-state index in [2.05, 4.69) is 4.98 Å². The van der Waals surface area contributed by atoms with Crippen molar-refractivity contribution in [1.29, 1.82) is 0 Å². The van der Waals surface area contributed by atoms with Gasteiger partial charge in [-0.2, -0.15) is 0 Å². The first-order valence-corrected chi connectivity index (χ1v) is 10.4. The van der Waals surface area contributed by atoms with Gasteiger partial charge >= 0.3 is 12.1 Å². The van der Waals surface area contributed by atoms with Crippen molar-refractivity contribution in [2.75, 3.05) is 38.8 Å². The number of hydrogen-bond acceptors (Lipinski definition) is 6. The Morgan fingerprint density at radius 2 is 1.61 bits per heavy atom. The number of rotatable bonds is 9. The molecule has 0 saturated carbocycles. The van der Waals surface area contributed by atoms with Crippen molar-refractivity contribution in [3.05, 3.63) is 17.8 Å². The SMILES string of the molecule is CCCCN(C(N)=O)c1c(OC(=O)N(CC)CC)nc(C)c2cc(OC)c(OC)cc12. The first kappa shape index (κ1) is 24.0. The monoisotopic (exact) mass is 432 g/mol. The number of carbonyl (C=O) groups excluding carboxylic acids is 2. The van der Waals surface area contributed by atoms with E-state index in [-0.39, 0.29) is 5.88 Å². The number of nitrogens with zero attached hydrogens (tertiary/aromatic N) is 3. The van der Waals surface area contributed by atoms with Gasteiger partial charge in [0.25, 0.3) is 0 Å². The van der Waals surface area contributed by atoms with Gasteiger partial charge in [-0.05, 0) is 39.3 Å². The number of hydrogen-bond donors (Lipinski definition) is 1. The van der Waals surface area contributed by atoms with Crippen molar-refractivity contribution in [3.8, 4) is 17.4 Å². The van der Waals surface area contributed by atoms with E-state index >= 15 is 0 Å². The predicted octanol–water partition coefficient (Wildman–Crippen LogP) is 4.09. The molecule has 0 atom stereocenters. The van der Waals surface area contributed by atoms with Gasteiger partial charge in [0.05, 0.1) is 14.2 Å². The van der Waals surface area contributed by atoms with Gasteiger partial charge < -0.3 is 24.8 Å². The van der Waals surface area contributed by atoms with Gasteiger partial charge in [-0.3, -0.25) is 4.90 Å². The van der Waals surface area contributed by atoms with Crippen molar-refractivity contribution in [2.24, 2.45) is 5.73 Å². The molecular weight excluding hydrogens is 400 g/mol. The summed E-state index contributed by atoms with van der Waals surface area (Å²) in [5.74, 6) is 1.03. The summed E-state index contributed by atoms with van der Waals surface area (Å²) in [6, 6.07) is 2.87. The number of pyridine rings is 1. The maximum absolute atomic E-state index is 12.7. The highest BCUT2D eigenvalue weighted by Gasteiger charge is 2.26. The third-order valence-electron chi connectivity index (χ3n) is 5.12. The molecule has 2 aromatic rings. The number of unbranched alkanes of at least 4 members (excludes halogenated alkanes) is 1. The lowest BCUT2D eigenvalue weighted by Crippen LogP contribution is -2.38. The lowest BCUT2D eigenvalue weighted by atomic mass is 10.1. The molecule has 31 heavy (non-hydrogen) atoms. The Balaban J connectivity index is 2.81. The number of anilines is 1. The van der Waals surface area contributed by atoms with Gasteiger partial charge in [-0.25, -0.2) is 14.6 Å². The van der Waals surface area contributed by atoms with E-state index in [1.54, 1.807) is 26.2 Å². The summed E-state index contributed by atoms with van der Waals surface area (Å²) in [4.78, 5) is 32.5. The molecule has 0 aliphatic heterocycles. The molecule has 9 heteroatoms. The topological polar surface area (TPSA) is 107 Å². The first-order valence-electron chi connectivity index (χ1n) is 10.4. The second-order valence-corrected chi connectivity index (χ2v) is 6.99. The average molecular weight is 433 g/mol. The third kappa shape index (κ3) is 5.10. The van der Waals surface area contributed by atoms with E-state index in [0.29, 0.717) is 47.9 Å². The number of carbonyl (C=O) groups is 2. The molecule has 0 spiro atoms. The summed E-state index contributed by atoms with van der Waals surface area (Å²) in [5, 5.41) is 1.36. The number of methoxy groups -OCH3 is 2. The second-order valence-electron chi connectivity index (χ2n) is 6.99. The molecule has 1 aromatic carbocycles. The van der Waals surface area contributed by atoms with Gasteiger partial charge in [0.2, 0.25) is 5.88 Å². The molecule has 1 heterocycles. The second kappa shape index (κ2) is 10.7. The first-order chi connectivity index (χ1) is 14.8. The molecule has 1 aromatic heterocycles. The van der Waals surface area contributed by atoms with Gasteiger partial charge in [-0.15, -0.1) is 0 Å². The Kier molecular flexibility index (Phi) is 8.30. The van der Waals surface area contributed by atoms with Crippen molar-refractivity contribution in [3.63, 3.8) is 0 Å². The standard InChI is InChI=1S/C22H32N4O5/c1-7-10-11-26(21(23)27)19-16-13-18(30-6)17(29-5)12-15(16)14(4)24-20(19)31-22(28)25(8-2)9-3/h12-13H,7-11H2,1-6H3,(H2,23,27). The lowest BCUT2D eigenvalue weighted by molar-refractivity contribution is 0.155. The number of primary amides is 1. The zero-order chi connectivity index (χ0) is 23.1. The van der Waals surface area contributed by atoms with E-state index in [9.17, 15) is 9.59 Å². The van der Waals surface area contributed by atoms with Crippen LogP contribution in [-0.2, 0) is 0 Å². The fourth-order valence-electron chi connectivity index (χ4n) is 3.36. The van der Waals surface area contributed by atoms with E-state index in [1.807, 2.05) is 20.8 Å². The lowest BCUT2D eigenvalue weighted by Gasteiger charge is -2.26. The van der Waals surface area contributed by atoms with Crippen LogP contribution < -0.4 is 24.8 Å². The molecule has 0 saturated heterocycles. The number of fused-ring (bicyclic) bond motifs is 1. The number of ether oxygens (including phenoxy) is 3. The van der Waals surface area contributed by atoms with Crippen molar-refractivity contribution < 1.29 is 23.8 Å². The summed E-state index contributed by atoms with van der Waals surface area (Å²) in [6.45, 7) is 8.86. The molecule has 0 aliphatic carbocycles. The Morgan fingerprint density at radius 1 is 1.03 bits per heavy atom. The summed E-state index contributed by atoms with van der Waals surface area (Å²) < 4.78 is 16.5. The number of amides is 3. The maximum Gasteiger partial charge on any atom is 0.416 e. The van der Waals surface area contributed by atoms with E-state index in [4.69, 9.17) is 19.9 Å². The minimum atomic E-state index is -0.657. The largest absolute Gasteiger partial charge is 0.493 e. The fourth-order valence-corrected chi connectivity index (χ4v) is 3.36. The molecule has 0 unspecified atom stereocenters. The van der Waals surface area contributed by atoms with Crippen LogP contribution in [0.2, 0.25) is 0 Å². The Bertz CT molecular complexity index is 943. The van der Waals surface area contributed by atoms with Crippen LogP contribution in [0.15, 0.2) is 12.1 Å². The Morgan fingerprint density at radius 3 is 2.10 bits per heavy atom. The van der Waals surface area contributed by atoms with Crippen molar-refractivity contribution >= 4 is 28.6 Å². The van der Waals surface area contributed by atoms with E-state index in [0.717, 1.165) is 18.2 Å². The van der Waals surface area contributed by atoms with Crippen LogP contribution in [0, 0.1) is 6.92 Å². The molecular formula is C22H32N4O5. The van der Waals surface area contributed by atoms with Crippen LogP contribution in [0.25, 0.3) is 10.8 Å². The van der Waals surface area contributed by atoms with E-state index in [1.165, 1.54) is 16.9 Å². The van der Waals surface area contributed by atoms with Crippen molar-refractivity contribution in [2.45, 2.75) is 40.5 Å². The molecule has 3 amide bonds. The summed E-state index contributed by atoms with van der Waals surface area (Å²) >= 11 is 0. The smallest absolute Gasteiger partial charge is 0.416 e. The van der Waals surface area contributed by atoms with Gasteiger partial charge in [-0.1, -0.05) is 13.3 Å². The van der Waals surface area contributed by atoms with Gasteiger partial charge in [0, 0.05) is 36.1 Å². The molecule has 0 radical (unpaired) electrons. The number of benzene rings is 1. The molecule has 0 bridgehead atoms. The highest BCUT2D eigenvalue weighted by Crippen LogP contribution is 2.42. The van der Waals surface area contributed by atoms with Crippen LogP contribution in [-0.4, -0.2) is 55.9 Å². The number of aromatic nitrogens is 1. The summed E-state index contributed by atoms with van der Waals surface area (Å²) in [5.41, 5.74) is 6.68. The van der Waals surface area contributed by atoms with E-state index < -0.39 is 12.1 Å². The van der Waals surface area contributed by atoms with Crippen LogP contribution in [0.3, 0.4) is 0 Å². The minimum absolute atomic E-state index is 0.0315. The quantitative estimate of drug-likeness (QED) is 0.640. The highest BCUT2D eigenvalue weighted by atomic mass is 16.6. The third-order valence-corrected chi connectivity index (χ3v) is 5.12. The Hall–Kier alpha value is -3.23. The van der Waals surface area contributed by atoms with Crippen LogP contribution >= 0.6 is 0 Å². The molecule has 0 fully saturated rings. The molecule has 0 aliphatic rings. The molecule has 2 N–H and O–H groups in total. The van der Waals surface area contributed by atoms with Crippen LogP contribution in [0.5, 0.6) is 17.4 Å². The molecule has 2 rings (SSSR count). The van der Waals surface area contributed by atoms with Gasteiger partial charge in [0.1, 0.15) is 5.69 Å². The highest BCUT2D eigenvalue weighted by molar-refractivity contribution is 6.06. The fraction of sp³-hybridized carbons (Fsp3) is 0.500. The average Bonchev–Trinajstić information content (AvgIpc) is 2.75. The number of urea groups is 1. The summed E-state index contributed by atoms with van der Waals surface area (Å²) in [7, 11) is 3.08. The van der Waals surface area contributed by atoms with Crippen molar-refractivity contribution in [1.82, 2.24) is 9.88 Å². The number of aryl methyl sites for hydroxylation is 1. The Labute approximate surface area is 183 Å². The normalized spacial score (nSPS) is 10.6. The zero-order valence-electron chi connectivity index (χ0n) is 19.2. The maximum atomic E-state index is 12.7.